The molecule has 0 spiro atoms. The van der Waals surface area contributed by atoms with E-state index in [4.69, 9.17) is 0 Å². The summed E-state index contributed by atoms with van der Waals surface area (Å²) in [5, 5.41) is 9.24. The Labute approximate surface area is 116 Å². The van der Waals surface area contributed by atoms with Crippen molar-refractivity contribution in [2.75, 3.05) is 13.1 Å². The minimum Gasteiger partial charge on any atom is -0.480 e. The van der Waals surface area contributed by atoms with Crippen LogP contribution >= 0.6 is 0 Å². The largest absolute Gasteiger partial charge is 0.480 e. The molecule has 0 aromatic heterocycles. The van der Waals surface area contributed by atoms with E-state index in [1.54, 1.807) is 0 Å². The summed E-state index contributed by atoms with van der Waals surface area (Å²) in [5.41, 5.74) is -1.17. The summed E-state index contributed by atoms with van der Waals surface area (Å²) in [5.74, 6) is -1.85. The molecule has 110 valence electrons. The Kier molecular flexibility index (Phi) is 3.78. The van der Waals surface area contributed by atoms with Gasteiger partial charge >= 0.3 is 5.97 Å². The third-order valence-corrected chi connectivity index (χ3v) is 4.11. The second-order valence-corrected chi connectivity index (χ2v) is 5.42. The lowest BCUT2D eigenvalue weighted by molar-refractivity contribution is -0.155. The molecule has 2 aliphatic heterocycles. The summed E-state index contributed by atoms with van der Waals surface area (Å²) in [6.45, 7) is 1.98. The second-order valence-electron chi connectivity index (χ2n) is 5.42. The quantitative estimate of drug-likeness (QED) is 0.732. The third-order valence-electron chi connectivity index (χ3n) is 4.11. The Morgan fingerprint density at radius 2 is 1.85 bits per heavy atom. The van der Waals surface area contributed by atoms with Crippen LogP contribution < -0.4 is 0 Å². The second kappa shape index (κ2) is 5.22. The maximum absolute atomic E-state index is 12.1. The Bertz CT molecular complexity index is 459. The molecule has 1 N–H and O–H groups in total. The van der Waals surface area contributed by atoms with Gasteiger partial charge in [-0.2, -0.15) is 0 Å². The third kappa shape index (κ3) is 2.39. The Hall–Kier alpha value is -1.92. The molecule has 0 aliphatic carbocycles. The number of imide groups is 1. The van der Waals surface area contributed by atoms with Gasteiger partial charge in [0.1, 0.15) is 5.54 Å². The monoisotopic (exact) mass is 282 g/mol. The van der Waals surface area contributed by atoms with E-state index < -0.39 is 11.5 Å². The van der Waals surface area contributed by atoms with E-state index in [9.17, 15) is 24.3 Å². The van der Waals surface area contributed by atoms with Crippen molar-refractivity contribution in [3.05, 3.63) is 0 Å². The minimum absolute atomic E-state index is 0.0135. The Morgan fingerprint density at radius 1 is 1.25 bits per heavy atom. The van der Waals surface area contributed by atoms with Crippen LogP contribution in [0.25, 0.3) is 0 Å². The SMILES string of the molecule is CC1(C(=O)O)CCCN1C(=O)CCN1C(=O)CCC1=O. The van der Waals surface area contributed by atoms with Crippen molar-refractivity contribution in [2.45, 2.75) is 44.6 Å². The van der Waals surface area contributed by atoms with Crippen molar-refractivity contribution in [1.29, 1.82) is 0 Å². The first-order chi connectivity index (χ1) is 9.36. The molecule has 2 rings (SSSR count). The van der Waals surface area contributed by atoms with Crippen molar-refractivity contribution in [1.82, 2.24) is 9.80 Å². The normalized spacial score (nSPS) is 26.4. The topological polar surface area (TPSA) is 95.0 Å². The Balaban J connectivity index is 1.97. The van der Waals surface area contributed by atoms with Crippen molar-refractivity contribution in [3.63, 3.8) is 0 Å². The van der Waals surface area contributed by atoms with Crippen LogP contribution in [0.15, 0.2) is 0 Å². The van der Waals surface area contributed by atoms with Crippen LogP contribution in [0.2, 0.25) is 0 Å². The lowest BCUT2D eigenvalue weighted by Crippen LogP contribution is -2.51. The zero-order valence-electron chi connectivity index (χ0n) is 11.4. The van der Waals surface area contributed by atoms with E-state index in [1.807, 2.05) is 0 Å². The number of rotatable bonds is 4. The van der Waals surface area contributed by atoms with Gasteiger partial charge in [-0.25, -0.2) is 4.79 Å². The molecule has 2 heterocycles. The number of carboxylic acids is 1. The molecule has 0 saturated carbocycles. The van der Waals surface area contributed by atoms with Crippen LogP contribution in [-0.4, -0.2) is 57.2 Å². The van der Waals surface area contributed by atoms with E-state index in [0.717, 1.165) is 4.90 Å². The molecule has 7 nitrogen and oxygen atoms in total. The van der Waals surface area contributed by atoms with Crippen molar-refractivity contribution in [2.24, 2.45) is 0 Å². The highest BCUT2D eigenvalue weighted by Crippen LogP contribution is 2.30. The highest BCUT2D eigenvalue weighted by molar-refractivity contribution is 6.02. The number of carbonyl (C=O) groups is 4. The van der Waals surface area contributed by atoms with E-state index in [2.05, 4.69) is 0 Å². The van der Waals surface area contributed by atoms with Gasteiger partial charge < -0.3 is 10.0 Å². The first-order valence-electron chi connectivity index (χ1n) is 6.73. The molecule has 0 aromatic rings. The van der Waals surface area contributed by atoms with Crippen LogP contribution in [0.1, 0.15) is 39.0 Å². The smallest absolute Gasteiger partial charge is 0.329 e. The number of amides is 3. The minimum atomic E-state index is -1.17. The molecule has 0 aromatic carbocycles. The summed E-state index contributed by atoms with van der Waals surface area (Å²) in [7, 11) is 0. The van der Waals surface area contributed by atoms with Gasteiger partial charge in [-0.15, -0.1) is 0 Å². The van der Waals surface area contributed by atoms with Crippen molar-refractivity contribution in [3.8, 4) is 0 Å². The highest BCUT2D eigenvalue weighted by Gasteiger charge is 2.45. The first-order valence-corrected chi connectivity index (χ1v) is 6.73. The number of likely N-dealkylation sites (tertiary alicyclic amines) is 2. The summed E-state index contributed by atoms with van der Waals surface area (Å²) >= 11 is 0. The lowest BCUT2D eigenvalue weighted by Gasteiger charge is -2.31. The maximum Gasteiger partial charge on any atom is 0.329 e. The number of carboxylic acid groups (broad SMARTS) is 1. The average Bonchev–Trinajstić information content (AvgIpc) is 2.92. The standard InChI is InChI=1S/C13H18N2O5/c1-13(12(19)20)6-2-7-15(13)11(18)5-8-14-9(16)3-4-10(14)17/h2-8H2,1H3,(H,19,20). The summed E-state index contributed by atoms with van der Waals surface area (Å²) in [6, 6.07) is 0. The molecule has 1 unspecified atom stereocenters. The van der Waals surface area contributed by atoms with Gasteiger partial charge in [0.05, 0.1) is 0 Å². The van der Waals surface area contributed by atoms with Gasteiger partial charge in [0.15, 0.2) is 0 Å². The molecule has 20 heavy (non-hydrogen) atoms. The van der Waals surface area contributed by atoms with Gasteiger partial charge in [-0.05, 0) is 19.8 Å². The Morgan fingerprint density at radius 3 is 2.40 bits per heavy atom. The van der Waals surface area contributed by atoms with Crippen molar-refractivity contribution >= 4 is 23.7 Å². The molecule has 7 heteroatoms. The molecule has 3 amide bonds. The zero-order chi connectivity index (χ0) is 14.9. The molecule has 2 fully saturated rings. The number of hydrogen-bond donors (Lipinski definition) is 1. The van der Waals surface area contributed by atoms with E-state index in [0.29, 0.717) is 19.4 Å². The van der Waals surface area contributed by atoms with Gasteiger partial charge in [-0.3, -0.25) is 19.3 Å². The van der Waals surface area contributed by atoms with Gasteiger partial charge in [-0.1, -0.05) is 0 Å². The fraction of sp³-hybridized carbons (Fsp3) is 0.692. The summed E-state index contributed by atoms with van der Waals surface area (Å²) in [6.07, 6.45) is 1.46. The summed E-state index contributed by atoms with van der Waals surface area (Å²) in [4.78, 5) is 48.8. The zero-order valence-corrected chi connectivity index (χ0v) is 11.4. The van der Waals surface area contributed by atoms with Gasteiger partial charge in [0.2, 0.25) is 17.7 Å². The van der Waals surface area contributed by atoms with E-state index in [-0.39, 0.29) is 43.5 Å². The van der Waals surface area contributed by atoms with Gasteiger partial charge in [0, 0.05) is 32.4 Å². The average molecular weight is 282 g/mol. The number of carbonyl (C=O) groups excluding carboxylic acids is 3. The molecular formula is C13H18N2O5. The molecular weight excluding hydrogens is 264 g/mol. The van der Waals surface area contributed by atoms with E-state index >= 15 is 0 Å². The number of aliphatic carboxylic acids is 1. The maximum atomic E-state index is 12.1. The number of nitrogens with zero attached hydrogens (tertiary/aromatic N) is 2. The van der Waals surface area contributed by atoms with Crippen molar-refractivity contribution < 1.29 is 24.3 Å². The predicted molar refractivity (Wildman–Crippen MR) is 67.6 cm³/mol. The fourth-order valence-corrected chi connectivity index (χ4v) is 2.80. The number of hydrogen-bond acceptors (Lipinski definition) is 4. The lowest BCUT2D eigenvalue weighted by atomic mass is 9.99. The fourth-order valence-electron chi connectivity index (χ4n) is 2.80. The van der Waals surface area contributed by atoms with Crippen LogP contribution in [0.4, 0.5) is 0 Å². The molecule has 2 saturated heterocycles. The van der Waals surface area contributed by atoms with Crippen LogP contribution in [0, 0.1) is 0 Å². The summed E-state index contributed by atoms with van der Waals surface area (Å²) < 4.78 is 0. The van der Waals surface area contributed by atoms with Crippen LogP contribution in [0.5, 0.6) is 0 Å². The molecule has 0 bridgehead atoms. The molecule has 1 atom stereocenters. The highest BCUT2D eigenvalue weighted by atomic mass is 16.4. The molecule has 0 radical (unpaired) electrons. The predicted octanol–water partition coefficient (Wildman–Crippen LogP) is -0.00880. The first kappa shape index (κ1) is 14.5. The van der Waals surface area contributed by atoms with Crippen LogP contribution in [-0.2, 0) is 19.2 Å². The van der Waals surface area contributed by atoms with Crippen LogP contribution in [0.3, 0.4) is 0 Å². The van der Waals surface area contributed by atoms with Gasteiger partial charge in [0.25, 0.3) is 0 Å². The molecule has 2 aliphatic rings. The van der Waals surface area contributed by atoms with E-state index in [1.165, 1.54) is 11.8 Å².